The number of hydrogen-bond donors (Lipinski definition) is 0. The summed E-state index contributed by atoms with van der Waals surface area (Å²) in [6.07, 6.45) is 0.694. The number of carbonyl (C=O) groups excluding carboxylic acids is 7. The molecule has 0 bridgehead atoms. The molecule has 0 aliphatic carbocycles. The van der Waals surface area contributed by atoms with Crippen LogP contribution in [0.5, 0.6) is 0 Å². The molecule has 204 valence electrons. The number of hydroxylamine groups is 4. The van der Waals surface area contributed by atoms with E-state index in [0.717, 1.165) is 5.06 Å². The largest absolute Gasteiger partial charge is 0.463 e. The summed E-state index contributed by atoms with van der Waals surface area (Å²) in [4.78, 5) is 90.6. The first-order chi connectivity index (χ1) is 17.7. The summed E-state index contributed by atoms with van der Waals surface area (Å²) in [5.74, 6) is -4.00. The van der Waals surface area contributed by atoms with Gasteiger partial charge in [0.05, 0.1) is 18.9 Å². The van der Waals surface area contributed by atoms with E-state index < -0.39 is 35.7 Å². The van der Waals surface area contributed by atoms with Crippen LogP contribution in [0.2, 0.25) is 0 Å². The lowest BCUT2D eigenvalue weighted by atomic mass is 10.2. The van der Waals surface area contributed by atoms with Gasteiger partial charge in [-0.2, -0.15) is 0 Å². The molecular formula is C23H30N2O12. The summed E-state index contributed by atoms with van der Waals surface area (Å²) in [6.45, 7) is 3.71. The van der Waals surface area contributed by atoms with Gasteiger partial charge in [0.2, 0.25) is 0 Å². The highest BCUT2D eigenvalue weighted by Crippen LogP contribution is 2.21. The molecule has 0 N–H and O–H groups in total. The van der Waals surface area contributed by atoms with E-state index in [2.05, 4.69) is 11.4 Å². The van der Waals surface area contributed by atoms with Gasteiger partial charge in [0.15, 0.2) is 0 Å². The third-order valence-corrected chi connectivity index (χ3v) is 5.04. The Balaban J connectivity index is 1.40. The van der Waals surface area contributed by atoms with Gasteiger partial charge >= 0.3 is 23.9 Å². The van der Waals surface area contributed by atoms with Crippen molar-refractivity contribution in [3.63, 3.8) is 0 Å². The van der Waals surface area contributed by atoms with Crippen LogP contribution in [0, 0.1) is 0 Å². The second-order valence-electron chi connectivity index (χ2n) is 8.02. The molecule has 14 heteroatoms. The van der Waals surface area contributed by atoms with Gasteiger partial charge in [-0.15, -0.1) is 10.1 Å². The SMILES string of the molecule is C=C1CCC(=O)N1OC(=O)CCCC(=O)OCCOCCOC(=O)CCCC(=O)ON1C(=O)CCC1=O. The first kappa shape index (κ1) is 29.4. The van der Waals surface area contributed by atoms with Crippen LogP contribution < -0.4 is 0 Å². The van der Waals surface area contributed by atoms with Crippen LogP contribution in [0.15, 0.2) is 12.3 Å². The van der Waals surface area contributed by atoms with Crippen LogP contribution in [-0.4, -0.2) is 78.2 Å². The van der Waals surface area contributed by atoms with E-state index in [0.29, 0.717) is 17.2 Å². The number of carbonyl (C=O) groups is 7. The highest BCUT2D eigenvalue weighted by Gasteiger charge is 2.32. The lowest BCUT2D eigenvalue weighted by Gasteiger charge is -2.15. The van der Waals surface area contributed by atoms with Gasteiger partial charge in [-0.25, -0.2) is 9.59 Å². The van der Waals surface area contributed by atoms with Crippen molar-refractivity contribution >= 4 is 41.6 Å². The fourth-order valence-electron chi connectivity index (χ4n) is 3.13. The molecule has 2 aliphatic rings. The maximum atomic E-state index is 11.7. The molecule has 0 unspecified atom stereocenters. The Morgan fingerprint density at radius 2 is 1.00 bits per heavy atom. The van der Waals surface area contributed by atoms with Crippen LogP contribution in [-0.2, 0) is 57.4 Å². The number of allylic oxidation sites excluding steroid dienone is 1. The molecule has 0 saturated carbocycles. The van der Waals surface area contributed by atoms with Crippen LogP contribution >= 0.6 is 0 Å². The number of nitrogens with zero attached hydrogens (tertiary/aromatic N) is 2. The molecule has 2 aliphatic heterocycles. The Morgan fingerprint density at radius 3 is 1.46 bits per heavy atom. The Labute approximate surface area is 212 Å². The fourth-order valence-corrected chi connectivity index (χ4v) is 3.13. The van der Waals surface area contributed by atoms with Crippen molar-refractivity contribution < 1.29 is 57.4 Å². The van der Waals surface area contributed by atoms with Crippen molar-refractivity contribution in [2.24, 2.45) is 0 Å². The first-order valence-electron chi connectivity index (χ1n) is 11.8. The topological polar surface area (TPSA) is 172 Å². The zero-order valence-corrected chi connectivity index (χ0v) is 20.4. The Morgan fingerprint density at radius 1 is 0.595 bits per heavy atom. The highest BCUT2D eigenvalue weighted by atomic mass is 16.7. The van der Waals surface area contributed by atoms with E-state index in [9.17, 15) is 33.6 Å². The van der Waals surface area contributed by atoms with E-state index in [4.69, 9.17) is 19.0 Å². The molecule has 2 rings (SSSR count). The van der Waals surface area contributed by atoms with Crippen LogP contribution in [0.25, 0.3) is 0 Å². The molecule has 0 aromatic carbocycles. The molecule has 0 radical (unpaired) electrons. The average molecular weight is 526 g/mol. The standard InChI is InChI=1S/C23H30N2O12/c1-16-8-9-17(26)24(16)36-22(31)6-2-4-20(29)34-14-12-33-13-15-35-21(30)5-3-7-23(32)37-25-18(27)10-11-19(25)28/h1-15H2. The Bertz CT molecular complexity index is 811. The molecule has 2 saturated heterocycles. The third-order valence-electron chi connectivity index (χ3n) is 5.04. The van der Waals surface area contributed by atoms with Crippen molar-refractivity contribution in [2.75, 3.05) is 26.4 Å². The number of rotatable bonds is 16. The molecule has 3 amide bonds. The van der Waals surface area contributed by atoms with Crippen LogP contribution in [0.1, 0.15) is 64.2 Å². The van der Waals surface area contributed by atoms with E-state index in [-0.39, 0.29) is 90.1 Å². The van der Waals surface area contributed by atoms with Gasteiger partial charge in [-0.05, 0) is 19.3 Å². The van der Waals surface area contributed by atoms with Gasteiger partial charge in [0, 0.05) is 44.9 Å². The monoisotopic (exact) mass is 526 g/mol. The van der Waals surface area contributed by atoms with Gasteiger partial charge in [-0.1, -0.05) is 6.58 Å². The summed E-state index contributed by atoms with van der Waals surface area (Å²) >= 11 is 0. The predicted molar refractivity (Wildman–Crippen MR) is 119 cm³/mol. The van der Waals surface area contributed by atoms with Crippen molar-refractivity contribution in [2.45, 2.75) is 64.2 Å². The summed E-state index contributed by atoms with van der Waals surface area (Å²) in [7, 11) is 0. The lowest BCUT2D eigenvalue weighted by Crippen LogP contribution is -2.32. The van der Waals surface area contributed by atoms with E-state index in [1.54, 1.807) is 0 Å². The smallest absolute Gasteiger partial charge is 0.333 e. The molecule has 0 spiro atoms. The minimum Gasteiger partial charge on any atom is -0.463 e. The lowest BCUT2D eigenvalue weighted by molar-refractivity contribution is -0.197. The number of imide groups is 1. The van der Waals surface area contributed by atoms with Gasteiger partial charge in [0.1, 0.15) is 13.2 Å². The van der Waals surface area contributed by atoms with E-state index >= 15 is 0 Å². The predicted octanol–water partition coefficient (Wildman–Crippen LogP) is 0.632. The van der Waals surface area contributed by atoms with Crippen molar-refractivity contribution in [3.05, 3.63) is 12.3 Å². The van der Waals surface area contributed by atoms with Crippen molar-refractivity contribution in [1.29, 1.82) is 0 Å². The number of esters is 2. The second-order valence-corrected chi connectivity index (χ2v) is 8.02. The highest BCUT2D eigenvalue weighted by molar-refractivity contribution is 6.01. The van der Waals surface area contributed by atoms with Crippen molar-refractivity contribution in [1.82, 2.24) is 10.1 Å². The molecule has 37 heavy (non-hydrogen) atoms. The molecular weight excluding hydrogens is 496 g/mol. The zero-order chi connectivity index (χ0) is 27.2. The molecule has 2 heterocycles. The summed E-state index contributed by atoms with van der Waals surface area (Å²) in [5, 5.41) is 1.33. The maximum Gasteiger partial charge on any atom is 0.333 e. The fraction of sp³-hybridized carbons (Fsp3) is 0.609. The normalized spacial score (nSPS) is 15.2. The number of amides is 3. The molecule has 14 nitrogen and oxygen atoms in total. The van der Waals surface area contributed by atoms with Gasteiger partial charge in [0.25, 0.3) is 17.7 Å². The van der Waals surface area contributed by atoms with Crippen LogP contribution in [0.3, 0.4) is 0 Å². The number of ether oxygens (including phenoxy) is 3. The van der Waals surface area contributed by atoms with Gasteiger partial charge < -0.3 is 23.9 Å². The minimum absolute atomic E-state index is 0.00210. The third kappa shape index (κ3) is 10.8. The summed E-state index contributed by atoms with van der Waals surface area (Å²) in [6, 6.07) is 0. The number of hydrogen-bond acceptors (Lipinski definition) is 12. The minimum atomic E-state index is -0.793. The summed E-state index contributed by atoms with van der Waals surface area (Å²) in [5.41, 5.74) is 0.418. The van der Waals surface area contributed by atoms with E-state index in [1.807, 2.05) is 0 Å². The molecule has 0 atom stereocenters. The zero-order valence-electron chi connectivity index (χ0n) is 20.4. The Hall–Kier alpha value is -3.81. The molecule has 2 fully saturated rings. The second kappa shape index (κ2) is 15.3. The molecule has 0 aromatic heterocycles. The molecule has 0 aromatic rings. The van der Waals surface area contributed by atoms with Gasteiger partial charge in [-0.3, -0.25) is 24.0 Å². The first-order valence-corrected chi connectivity index (χ1v) is 11.8. The Kier molecular flexibility index (Phi) is 12.2. The maximum absolute atomic E-state index is 11.7. The van der Waals surface area contributed by atoms with Crippen molar-refractivity contribution in [3.8, 4) is 0 Å². The van der Waals surface area contributed by atoms with E-state index in [1.165, 1.54) is 0 Å². The quantitative estimate of drug-likeness (QED) is 0.156. The summed E-state index contributed by atoms with van der Waals surface area (Å²) < 4.78 is 15.1. The average Bonchev–Trinajstić information content (AvgIpc) is 3.33. The van der Waals surface area contributed by atoms with Crippen LogP contribution in [0.4, 0.5) is 0 Å².